The third kappa shape index (κ3) is 4.50. The largest absolute Gasteiger partial charge is 0.372 e. The lowest BCUT2D eigenvalue weighted by Crippen LogP contribution is -2.44. The zero-order valence-electron chi connectivity index (χ0n) is 17.6. The number of rotatable bonds is 7. The third-order valence-electron chi connectivity index (χ3n) is 6.40. The molecule has 5 heteroatoms. The molecule has 2 aliphatic rings. The van der Waals surface area contributed by atoms with Crippen molar-refractivity contribution in [1.82, 2.24) is 5.32 Å². The molecule has 2 fully saturated rings. The maximum atomic E-state index is 12.9. The van der Waals surface area contributed by atoms with Gasteiger partial charge in [0.15, 0.2) is 0 Å². The molecule has 1 aromatic carbocycles. The van der Waals surface area contributed by atoms with Crippen LogP contribution in [0.2, 0.25) is 0 Å². The highest BCUT2D eigenvalue weighted by molar-refractivity contribution is 6.13. The molecule has 2 amide bonds. The molecule has 2 saturated carbocycles. The second kappa shape index (κ2) is 8.97. The standard InChI is InChI=1S/C23H35N3O2/c1-4-26(5-2)19-12-13-20(17(3)16-19)25-22(28)23(14-15-23)21(27)24-18-10-8-6-7-9-11-18/h12-13,16,18H,4-11,14-15H2,1-3H3,(H,24,27)(H,25,28). The molecule has 0 unspecified atom stereocenters. The number of amides is 2. The minimum Gasteiger partial charge on any atom is -0.372 e. The highest BCUT2D eigenvalue weighted by Gasteiger charge is 2.56. The Balaban J connectivity index is 1.64. The second-order valence-electron chi connectivity index (χ2n) is 8.37. The van der Waals surface area contributed by atoms with E-state index in [0.29, 0.717) is 12.8 Å². The van der Waals surface area contributed by atoms with Crippen LogP contribution in [0.5, 0.6) is 0 Å². The summed E-state index contributed by atoms with van der Waals surface area (Å²) in [5.74, 6) is -0.230. The third-order valence-corrected chi connectivity index (χ3v) is 6.40. The Labute approximate surface area is 169 Å². The van der Waals surface area contributed by atoms with Gasteiger partial charge in [-0.3, -0.25) is 9.59 Å². The molecule has 2 N–H and O–H groups in total. The fourth-order valence-electron chi connectivity index (χ4n) is 4.24. The van der Waals surface area contributed by atoms with Crippen LogP contribution in [0.15, 0.2) is 18.2 Å². The number of hydrogen-bond acceptors (Lipinski definition) is 3. The lowest BCUT2D eigenvalue weighted by Gasteiger charge is -2.23. The predicted octanol–water partition coefficient (Wildman–Crippen LogP) is 4.40. The Morgan fingerprint density at radius 3 is 2.21 bits per heavy atom. The summed E-state index contributed by atoms with van der Waals surface area (Å²) in [5.41, 5.74) is 2.12. The van der Waals surface area contributed by atoms with Gasteiger partial charge in [-0.25, -0.2) is 0 Å². The summed E-state index contributed by atoms with van der Waals surface area (Å²) in [6.45, 7) is 8.18. The van der Waals surface area contributed by atoms with Crippen molar-refractivity contribution < 1.29 is 9.59 Å². The minimum atomic E-state index is -0.865. The van der Waals surface area contributed by atoms with Crippen LogP contribution in [-0.2, 0) is 9.59 Å². The molecule has 0 atom stereocenters. The average molecular weight is 386 g/mol. The number of hydrogen-bond donors (Lipinski definition) is 2. The van der Waals surface area contributed by atoms with E-state index in [9.17, 15) is 9.59 Å². The van der Waals surface area contributed by atoms with Gasteiger partial charge in [0.2, 0.25) is 11.8 Å². The van der Waals surface area contributed by atoms with E-state index in [1.807, 2.05) is 19.1 Å². The zero-order chi connectivity index (χ0) is 20.1. The highest BCUT2D eigenvalue weighted by atomic mass is 16.2. The van der Waals surface area contributed by atoms with E-state index in [1.54, 1.807) is 0 Å². The lowest BCUT2D eigenvalue weighted by atomic mass is 10.0. The van der Waals surface area contributed by atoms with Gasteiger partial charge < -0.3 is 15.5 Å². The van der Waals surface area contributed by atoms with Gasteiger partial charge in [-0.2, -0.15) is 0 Å². The van der Waals surface area contributed by atoms with Crippen LogP contribution in [0, 0.1) is 12.3 Å². The van der Waals surface area contributed by atoms with Crippen molar-refractivity contribution in [2.75, 3.05) is 23.3 Å². The Hall–Kier alpha value is -2.04. The molecular formula is C23H35N3O2. The summed E-state index contributed by atoms with van der Waals surface area (Å²) >= 11 is 0. The van der Waals surface area contributed by atoms with Crippen LogP contribution in [0.4, 0.5) is 11.4 Å². The van der Waals surface area contributed by atoms with Crippen molar-refractivity contribution in [1.29, 1.82) is 0 Å². The van der Waals surface area contributed by atoms with Crippen LogP contribution >= 0.6 is 0 Å². The number of carbonyl (C=O) groups is 2. The van der Waals surface area contributed by atoms with Crippen molar-refractivity contribution in [3.63, 3.8) is 0 Å². The molecule has 5 nitrogen and oxygen atoms in total. The fourth-order valence-corrected chi connectivity index (χ4v) is 4.24. The summed E-state index contributed by atoms with van der Waals surface area (Å²) in [6.07, 6.45) is 8.21. The molecule has 2 aliphatic carbocycles. The van der Waals surface area contributed by atoms with E-state index in [4.69, 9.17) is 0 Å². The smallest absolute Gasteiger partial charge is 0.240 e. The topological polar surface area (TPSA) is 61.4 Å². The Morgan fingerprint density at radius 1 is 1.04 bits per heavy atom. The van der Waals surface area contributed by atoms with E-state index < -0.39 is 5.41 Å². The van der Waals surface area contributed by atoms with Gasteiger partial charge in [-0.15, -0.1) is 0 Å². The molecule has 0 aromatic heterocycles. The molecule has 0 aliphatic heterocycles. The molecule has 0 spiro atoms. The Morgan fingerprint density at radius 2 is 1.68 bits per heavy atom. The molecular weight excluding hydrogens is 350 g/mol. The van der Waals surface area contributed by atoms with E-state index >= 15 is 0 Å². The number of aryl methyl sites for hydroxylation is 1. The first-order valence-electron chi connectivity index (χ1n) is 11.0. The van der Waals surface area contributed by atoms with Gasteiger partial charge in [-0.1, -0.05) is 25.7 Å². The number of carbonyl (C=O) groups excluding carboxylic acids is 2. The monoisotopic (exact) mass is 385 g/mol. The Kier molecular flexibility index (Phi) is 6.63. The van der Waals surface area contributed by atoms with Crippen molar-refractivity contribution in [3.8, 4) is 0 Å². The van der Waals surface area contributed by atoms with Gasteiger partial charge >= 0.3 is 0 Å². The van der Waals surface area contributed by atoms with Crippen molar-refractivity contribution in [2.24, 2.45) is 5.41 Å². The molecule has 1 aromatic rings. The molecule has 3 rings (SSSR count). The maximum Gasteiger partial charge on any atom is 0.240 e. The summed E-state index contributed by atoms with van der Waals surface area (Å²) in [6, 6.07) is 6.34. The molecule has 154 valence electrons. The number of nitrogens with one attached hydrogen (secondary N) is 2. The average Bonchev–Trinajstić information content (AvgIpc) is 3.50. The quantitative estimate of drug-likeness (QED) is 0.540. The number of benzene rings is 1. The van der Waals surface area contributed by atoms with Crippen LogP contribution in [0.3, 0.4) is 0 Å². The number of nitrogens with zero attached hydrogens (tertiary/aromatic N) is 1. The van der Waals surface area contributed by atoms with Crippen LogP contribution in [0.25, 0.3) is 0 Å². The zero-order valence-corrected chi connectivity index (χ0v) is 17.6. The van der Waals surface area contributed by atoms with E-state index in [1.165, 1.54) is 25.7 Å². The van der Waals surface area contributed by atoms with Crippen molar-refractivity contribution in [3.05, 3.63) is 23.8 Å². The predicted molar refractivity (Wildman–Crippen MR) is 115 cm³/mol. The first kappa shape index (κ1) is 20.7. The number of anilines is 2. The molecule has 0 radical (unpaired) electrons. The van der Waals surface area contributed by atoms with Gasteiger partial charge in [0.05, 0.1) is 0 Å². The van der Waals surface area contributed by atoms with Crippen molar-refractivity contribution in [2.45, 2.75) is 78.2 Å². The summed E-state index contributed by atoms with van der Waals surface area (Å²) in [7, 11) is 0. The van der Waals surface area contributed by atoms with E-state index in [-0.39, 0.29) is 17.9 Å². The van der Waals surface area contributed by atoms with Crippen LogP contribution in [-0.4, -0.2) is 30.9 Å². The highest BCUT2D eigenvalue weighted by Crippen LogP contribution is 2.47. The molecule has 0 saturated heterocycles. The van der Waals surface area contributed by atoms with Crippen LogP contribution < -0.4 is 15.5 Å². The first-order valence-corrected chi connectivity index (χ1v) is 11.0. The van der Waals surface area contributed by atoms with Gasteiger partial charge in [0.25, 0.3) is 0 Å². The van der Waals surface area contributed by atoms with Crippen molar-refractivity contribution >= 4 is 23.2 Å². The molecule has 28 heavy (non-hydrogen) atoms. The minimum absolute atomic E-state index is 0.0747. The van der Waals surface area contributed by atoms with Gasteiger partial charge in [-0.05, 0) is 70.2 Å². The summed E-state index contributed by atoms with van der Waals surface area (Å²) in [5, 5.41) is 6.20. The SMILES string of the molecule is CCN(CC)c1ccc(NC(=O)C2(C(=O)NC3CCCCCC3)CC2)c(C)c1. The maximum absolute atomic E-state index is 12.9. The van der Waals surface area contributed by atoms with E-state index in [0.717, 1.165) is 42.9 Å². The summed E-state index contributed by atoms with van der Waals surface area (Å²) < 4.78 is 0. The second-order valence-corrected chi connectivity index (χ2v) is 8.37. The van der Waals surface area contributed by atoms with Gasteiger partial charge in [0, 0.05) is 30.5 Å². The normalized spacial score (nSPS) is 18.8. The summed E-state index contributed by atoms with van der Waals surface area (Å²) in [4.78, 5) is 28.1. The molecule has 0 heterocycles. The molecule has 0 bridgehead atoms. The fraction of sp³-hybridized carbons (Fsp3) is 0.652. The van der Waals surface area contributed by atoms with E-state index in [2.05, 4.69) is 35.4 Å². The lowest BCUT2D eigenvalue weighted by molar-refractivity contribution is -0.134. The van der Waals surface area contributed by atoms with Gasteiger partial charge in [0.1, 0.15) is 5.41 Å². The van der Waals surface area contributed by atoms with Crippen LogP contribution in [0.1, 0.15) is 70.8 Å². The first-order chi connectivity index (χ1) is 13.5. The Bertz CT molecular complexity index is 700.